The second kappa shape index (κ2) is 4.63. The number of methoxy groups -OCH3 is 1. The van der Waals surface area contributed by atoms with Crippen molar-refractivity contribution in [2.45, 2.75) is 16.6 Å². The van der Waals surface area contributed by atoms with E-state index in [-0.39, 0.29) is 10.6 Å². The lowest BCUT2D eigenvalue weighted by Crippen LogP contribution is -2.55. The Morgan fingerprint density at radius 1 is 1.64 bits per heavy atom. The summed E-state index contributed by atoms with van der Waals surface area (Å²) in [5.74, 6) is 0.0313. The zero-order valence-electron chi connectivity index (χ0n) is 8.00. The fourth-order valence-corrected chi connectivity index (χ4v) is 3.03. The number of halogens is 1. The smallest absolute Gasteiger partial charge is 0.344 e. The molecular weight excluding hydrogens is 270 g/mol. The lowest BCUT2D eigenvalue weighted by atomic mass is 10.1. The number of ketones is 1. The zero-order valence-corrected chi connectivity index (χ0v) is 10.4. The lowest BCUT2D eigenvalue weighted by Gasteiger charge is -2.24. The van der Waals surface area contributed by atoms with Gasteiger partial charge in [0.05, 0.1) is 11.9 Å². The van der Waals surface area contributed by atoms with Crippen LogP contribution in [-0.4, -0.2) is 40.9 Å². The molecule has 0 aromatic heterocycles. The van der Waals surface area contributed by atoms with Gasteiger partial charge in [-0.25, -0.2) is 4.79 Å². The van der Waals surface area contributed by atoms with Crippen LogP contribution >= 0.6 is 27.7 Å². The van der Waals surface area contributed by atoms with E-state index >= 15 is 0 Å². The minimum absolute atomic E-state index is 0.188. The molecule has 1 N–H and O–H groups in total. The van der Waals surface area contributed by atoms with E-state index in [9.17, 15) is 9.59 Å². The van der Waals surface area contributed by atoms with Gasteiger partial charge in [-0.15, -0.1) is 11.8 Å². The summed E-state index contributed by atoms with van der Waals surface area (Å²) in [6, 6.07) is 0. The number of thioether (sulfide) groups is 1. The minimum Gasteiger partial charge on any atom is -0.467 e. The highest BCUT2D eigenvalue weighted by atomic mass is 79.9. The quantitative estimate of drug-likeness (QED) is 0.465. The number of Topliss-reactive ketones (excluding diaryl/α,β-unsaturated/α-hetero) is 1. The van der Waals surface area contributed by atoms with E-state index in [0.717, 1.165) is 5.75 Å². The average Bonchev–Trinajstić information content (AvgIpc) is 2.65. The first-order valence-electron chi connectivity index (χ1n) is 4.20. The summed E-state index contributed by atoms with van der Waals surface area (Å²) >= 11 is 4.47. The molecule has 0 saturated carbocycles. The van der Waals surface area contributed by atoms with E-state index in [0.29, 0.717) is 6.54 Å². The van der Waals surface area contributed by atoms with Crippen molar-refractivity contribution < 1.29 is 14.3 Å². The molecule has 0 radical (unpaired) electrons. The third-order valence-electron chi connectivity index (χ3n) is 1.98. The van der Waals surface area contributed by atoms with Crippen LogP contribution in [0.3, 0.4) is 0 Å². The Morgan fingerprint density at radius 2 is 2.29 bits per heavy atom. The molecule has 14 heavy (non-hydrogen) atoms. The highest BCUT2D eigenvalue weighted by Crippen LogP contribution is 2.32. The molecule has 1 heterocycles. The Kier molecular flexibility index (Phi) is 3.97. The molecule has 0 amide bonds. The zero-order chi connectivity index (χ0) is 10.8. The molecule has 6 heteroatoms. The first-order valence-corrected chi connectivity index (χ1v) is 6.10. The van der Waals surface area contributed by atoms with Crippen molar-refractivity contribution in [2.75, 3.05) is 19.4 Å². The van der Waals surface area contributed by atoms with Crippen molar-refractivity contribution in [2.24, 2.45) is 0 Å². The fraction of sp³-hybridized carbons (Fsp3) is 0.750. The number of alkyl halides is 1. The summed E-state index contributed by atoms with van der Waals surface area (Å²) < 4.78 is 4.64. The summed E-state index contributed by atoms with van der Waals surface area (Å²) in [6.07, 6.45) is 0. The van der Waals surface area contributed by atoms with Gasteiger partial charge in [-0.05, 0) is 6.92 Å². The number of nitrogens with one attached hydrogen (secondary N) is 1. The van der Waals surface area contributed by atoms with Crippen molar-refractivity contribution in [3.8, 4) is 0 Å². The van der Waals surface area contributed by atoms with Crippen molar-refractivity contribution in [1.82, 2.24) is 5.32 Å². The van der Waals surface area contributed by atoms with Crippen LogP contribution in [0, 0.1) is 0 Å². The van der Waals surface area contributed by atoms with E-state index in [2.05, 4.69) is 26.0 Å². The second-order valence-corrected chi connectivity index (χ2v) is 5.61. The second-order valence-electron chi connectivity index (χ2n) is 2.93. The number of ether oxygens (including phenoxy) is 1. The predicted molar refractivity (Wildman–Crippen MR) is 58.6 cm³/mol. The highest BCUT2D eigenvalue weighted by Gasteiger charge is 2.51. The van der Waals surface area contributed by atoms with Crippen molar-refractivity contribution >= 4 is 39.4 Å². The van der Waals surface area contributed by atoms with Crippen LogP contribution in [0.4, 0.5) is 0 Å². The largest absolute Gasteiger partial charge is 0.467 e. The van der Waals surface area contributed by atoms with Gasteiger partial charge in [-0.3, -0.25) is 10.1 Å². The summed E-state index contributed by atoms with van der Waals surface area (Å²) in [6.45, 7) is 2.35. The van der Waals surface area contributed by atoms with Crippen molar-refractivity contribution in [3.63, 3.8) is 0 Å². The van der Waals surface area contributed by atoms with Gasteiger partial charge in [0.1, 0.15) is 0 Å². The van der Waals surface area contributed by atoms with E-state index < -0.39 is 10.8 Å². The molecule has 1 aliphatic rings. The fourth-order valence-electron chi connectivity index (χ4n) is 1.30. The number of hydrogen-bond acceptors (Lipinski definition) is 5. The maximum Gasteiger partial charge on any atom is 0.344 e. The molecule has 0 spiro atoms. The Bertz CT molecular complexity index is 251. The third-order valence-corrected chi connectivity index (χ3v) is 3.74. The third kappa shape index (κ3) is 1.97. The van der Waals surface area contributed by atoms with Crippen LogP contribution in [0.2, 0.25) is 0 Å². The SMILES string of the molecule is COC(=O)C1(C(=O)C(C)Br)NCCS1. The van der Waals surface area contributed by atoms with Gasteiger partial charge < -0.3 is 4.74 Å². The number of rotatable bonds is 3. The molecule has 2 atom stereocenters. The maximum absolute atomic E-state index is 11.8. The van der Waals surface area contributed by atoms with Gasteiger partial charge in [-0.2, -0.15) is 0 Å². The molecule has 4 nitrogen and oxygen atoms in total. The predicted octanol–water partition coefficient (Wildman–Crippen LogP) is 0.545. The number of carbonyl (C=O) groups is 2. The van der Waals surface area contributed by atoms with Gasteiger partial charge in [0, 0.05) is 12.3 Å². The number of hydrogen-bond donors (Lipinski definition) is 1. The molecule has 0 aliphatic carbocycles. The van der Waals surface area contributed by atoms with Crippen LogP contribution in [0.25, 0.3) is 0 Å². The van der Waals surface area contributed by atoms with Crippen LogP contribution in [0.15, 0.2) is 0 Å². The van der Waals surface area contributed by atoms with Crippen LogP contribution < -0.4 is 5.32 Å². The van der Waals surface area contributed by atoms with Gasteiger partial charge >= 0.3 is 5.97 Å². The van der Waals surface area contributed by atoms with Gasteiger partial charge in [-0.1, -0.05) is 15.9 Å². The molecule has 1 saturated heterocycles. The Hall–Kier alpha value is -0.0700. The first-order chi connectivity index (χ1) is 6.54. The molecule has 1 rings (SSSR count). The average molecular weight is 282 g/mol. The van der Waals surface area contributed by atoms with Crippen LogP contribution in [-0.2, 0) is 14.3 Å². The van der Waals surface area contributed by atoms with Gasteiger partial charge in [0.15, 0.2) is 5.78 Å². The maximum atomic E-state index is 11.8. The minimum atomic E-state index is -1.20. The van der Waals surface area contributed by atoms with E-state index in [1.165, 1.54) is 18.9 Å². The number of esters is 1. The van der Waals surface area contributed by atoms with Gasteiger partial charge in [0.2, 0.25) is 4.87 Å². The molecule has 1 aliphatic heterocycles. The van der Waals surface area contributed by atoms with Gasteiger partial charge in [0.25, 0.3) is 0 Å². The van der Waals surface area contributed by atoms with Crippen LogP contribution in [0.5, 0.6) is 0 Å². The van der Waals surface area contributed by atoms with E-state index in [4.69, 9.17) is 0 Å². The van der Waals surface area contributed by atoms with Crippen molar-refractivity contribution in [1.29, 1.82) is 0 Å². The summed E-state index contributed by atoms with van der Waals surface area (Å²) in [7, 11) is 1.29. The highest BCUT2D eigenvalue weighted by molar-refractivity contribution is 9.10. The Morgan fingerprint density at radius 3 is 2.64 bits per heavy atom. The van der Waals surface area contributed by atoms with Crippen molar-refractivity contribution in [3.05, 3.63) is 0 Å². The monoisotopic (exact) mass is 281 g/mol. The lowest BCUT2D eigenvalue weighted by molar-refractivity contribution is -0.147. The summed E-state index contributed by atoms with van der Waals surface area (Å²) in [4.78, 5) is 21.8. The molecule has 1 fully saturated rings. The van der Waals surface area contributed by atoms with Crippen LogP contribution in [0.1, 0.15) is 6.92 Å². The standard InChI is InChI=1S/C8H12BrNO3S/c1-5(9)6(11)8(7(12)13-2)10-3-4-14-8/h5,10H,3-4H2,1-2H3. The van der Waals surface area contributed by atoms with E-state index in [1.54, 1.807) is 6.92 Å². The normalized spacial score (nSPS) is 28.5. The summed E-state index contributed by atoms with van der Waals surface area (Å²) in [5, 5.41) is 2.91. The molecule has 80 valence electrons. The topological polar surface area (TPSA) is 55.4 Å². The number of carbonyl (C=O) groups excluding carboxylic acids is 2. The molecule has 0 bridgehead atoms. The molecule has 2 unspecified atom stereocenters. The van der Waals surface area contributed by atoms with E-state index in [1.807, 2.05) is 0 Å². The Labute approximate surface area is 95.3 Å². The molecule has 0 aromatic carbocycles. The molecule has 0 aromatic rings. The molecular formula is C8H12BrNO3S. The Balaban J connectivity index is 2.92. The summed E-state index contributed by atoms with van der Waals surface area (Å²) in [5.41, 5.74) is 0. The first kappa shape index (κ1) is 12.0.